The molecule has 0 aliphatic rings. The van der Waals surface area contributed by atoms with Gasteiger partial charge in [-0.1, -0.05) is 164 Å². The first-order chi connectivity index (χ1) is 28.8. The van der Waals surface area contributed by atoms with E-state index in [2.05, 4.69) is 191 Å². The third-order valence-electron chi connectivity index (χ3n) is 11.7. The van der Waals surface area contributed by atoms with Crippen molar-refractivity contribution in [2.45, 2.75) is 0 Å². The van der Waals surface area contributed by atoms with Gasteiger partial charge in [0.1, 0.15) is 5.65 Å². The molecule has 0 atom stereocenters. The molecule has 3 aromatic heterocycles. The van der Waals surface area contributed by atoms with Crippen molar-refractivity contribution in [3.63, 3.8) is 0 Å². The zero-order valence-electron chi connectivity index (χ0n) is 31.4. The van der Waals surface area contributed by atoms with Crippen LogP contribution in [-0.4, -0.2) is 18.9 Å². The van der Waals surface area contributed by atoms with Crippen molar-refractivity contribution in [3.05, 3.63) is 206 Å². The van der Waals surface area contributed by atoms with Crippen molar-refractivity contribution in [3.8, 4) is 50.7 Å². The zero-order valence-corrected chi connectivity index (χ0v) is 31.4. The van der Waals surface area contributed by atoms with Gasteiger partial charge in [-0.2, -0.15) is 0 Å². The fraction of sp³-hybridized carbons (Fsp3) is 0. The van der Waals surface area contributed by atoms with Crippen LogP contribution in [0.15, 0.2) is 206 Å². The van der Waals surface area contributed by atoms with Crippen molar-refractivity contribution >= 4 is 59.9 Å². The number of imidazole rings is 1. The van der Waals surface area contributed by atoms with Gasteiger partial charge in [0.15, 0.2) is 5.82 Å². The first-order valence-electron chi connectivity index (χ1n) is 19.8. The maximum absolute atomic E-state index is 5.12. The van der Waals surface area contributed by atoms with Crippen LogP contribution in [0, 0.1) is 0 Å². The summed E-state index contributed by atoms with van der Waals surface area (Å²) in [6.45, 7) is 0. The summed E-state index contributed by atoms with van der Waals surface area (Å²) in [6.07, 6.45) is 0. The summed E-state index contributed by atoms with van der Waals surface area (Å²) in [5, 5.41) is 8.86. The molecular formula is C54H34N4. The van der Waals surface area contributed by atoms with E-state index in [0.717, 1.165) is 50.4 Å². The Labute approximate surface area is 334 Å². The topological polar surface area (TPSA) is 35.1 Å². The van der Waals surface area contributed by atoms with Gasteiger partial charge in [-0.05, 0) is 80.3 Å². The molecule has 4 nitrogen and oxygen atoms in total. The standard InChI is InChI=1S/C54H34N4/c1-3-15-35(16-4-1)47-34-48(56-53(55-47)37-17-5-2-6-18-37)36-27-30-39(31-28-36)57-50-25-13-14-26-51(50)58-49-24-12-11-23-45(49)52(54(57)58)38-29-32-44-42-21-8-7-19-40(42)41-20-9-10-22-43(41)46(44)33-38/h1-34H. The molecule has 4 heteroatoms. The van der Waals surface area contributed by atoms with Crippen molar-refractivity contribution < 1.29 is 0 Å². The monoisotopic (exact) mass is 738 g/mol. The van der Waals surface area contributed by atoms with E-state index >= 15 is 0 Å². The molecule has 0 spiro atoms. The fourth-order valence-electron chi connectivity index (χ4n) is 9.10. The molecule has 0 unspecified atom stereocenters. The van der Waals surface area contributed by atoms with Gasteiger partial charge in [-0.3, -0.25) is 8.97 Å². The molecule has 12 aromatic rings. The summed E-state index contributed by atoms with van der Waals surface area (Å²) in [7, 11) is 0. The van der Waals surface area contributed by atoms with Crippen LogP contribution in [0.1, 0.15) is 0 Å². The van der Waals surface area contributed by atoms with E-state index in [1.807, 2.05) is 24.3 Å². The summed E-state index contributed by atoms with van der Waals surface area (Å²) >= 11 is 0. The fourth-order valence-corrected chi connectivity index (χ4v) is 9.10. The average Bonchev–Trinajstić information content (AvgIpc) is 3.82. The van der Waals surface area contributed by atoms with Crippen molar-refractivity contribution in [2.24, 2.45) is 0 Å². The lowest BCUT2D eigenvalue weighted by Crippen LogP contribution is -1.97. The highest BCUT2D eigenvalue weighted by molar-refractivity contribution is 6.26. The van der Waals surface area contributed by atoms with E-state index in [-0.39, 0.29) is 0 Å². The van der Waals surface area contributed by atoms with Gasteiger partial charge in [0.25, 0.3) is 0 Å². The smallest absolute Gasteiger partial charge is 0.160 e. The van der Waals surface area contributed by atoms with Crippen LogP contribution < -0.4 is 0 Å². The summed E-state index contributed by atoms with van der Waals surface area (Å²) in [6, 6.07) is 73.8. The zero-order chi connectivity index (χ0) is 38.2. The predicted molar refractivity (Wildman–Crippen MR) is 242 cm³/mol. The van der Waals surface area contributed by atoms with Gasteiger partial charge in [0, 0.05) is 33.3 Å². The van der Waals surface area contributed by atoms with Gasteiger partial charge in [-0.15, -0.1) is 0 Å². The van der Waals surface area contributed by atoms with Gasteiger partial charge in [-0.25, -0.2) is 9.97 Å². The molecular weight excluding hydrogens is 705 g/mol. The number of hydrogen-bond donors (Lipinski definition) is 0. The maximum Gasteiger partial charge on any atom is 0.160 e. The number of fused-ring (bicyclic) bond motifs is 11. The Hall–Kier alpha value is -7.82. The molecule has 0 saturated carbocycles. The van der Waals surface area contributed by atoms with Crippen LogP contribution in [-0.2, 0) is 0 Å². The molecule has 58 heavy (non-hydrogen) atoms. The Kier molecular flexibility index (Phi) is 7.20. The molecule has 0 amide bonds. The molecule has 0 saturated heterocycles. The van der Waals surface area contributed by atoms with Crippen LogP contribution in [0.4, 0.5) is 0 Å². The second-order valence-corrected chi connectivity index (χ2v) is 15.0. The quantitative estimate of drug-likeness (QED) is 0.165. The number of aromatic nitrogens is 4. The van der Waals surface area contributed by atoms with Crippen LogP contribution in [0.25, 0.3) is 111 Å². The number of para-hydroxylation sites is 3. The van der Waals surface area contributed by atoms with Gasteiger partial charge < -0.3 is 0 Å². The van der Waals surface area contributed by atoms with Crippen molar-refractivity contribution in [1.82, 2.24) is 18.9 Å². The lowest BCUT2D eigenvalue weighted by Gasteiger charge is -2.13. The number of rotatable bonds is 5. The minimum atomic E-state index is 0.708. The van der Waals surface area contributed by atoms with Crippen molar-refractivity contribution in [2.75, 3.05) is 0 Å². The molecule has 0 radical (unpaired) electrons. The molecule has 0 fully saturated rings. The Morgan fingerprint density at radius 2 is 0.776 bits per heavy atom. The number of hydrogen-bond acceptors (Lipinski definition) is 2. The third-order valence-corrected chi connectivity index (χ3v) is 11.7. The molecule has 9 aromatic carbocycles. The lowest BCUT2D eigenvalue weighted by atomic mass is 9.92. The molecule has 0 bridgehead atoms. The number of nitrogens with zero attached hydrogens (tertiary/aromatic N) is 4. The molecule has 270 valence electrons. The summed E-state index contributed by atoms with van der Waals surface area (Å²) < 4.78 is 4.88. The highest BCUT2D eigenvalue weighted by Gasteiger charge is 2.23. The van der Waals surface area contributed by atoms with E-state index in [9.17, 15) is 0 Å². The van der Waals surface area contributed by atoms with E-state index in [0.29, 0.717) is 5.82 Å². The minimum absolute atomic E-state index is 0.708. The van der Waals surface area contributed by atoms with Gasteiger partial charge in [0.05, 0.1) is 27.9 Å². The van der Waals surface area contributed by atoms with E-state index in [1.54, 1.807) is 0 Å². The van der Waals surface area contributed by atoms with E-state index in [4.69, 9.17) is 9.97 Å². The third kappa shape index (κ3) is 4.95. The molecule has 3 heterocycles. The van der Waals surface area contributed by atoms with Gasteiger partial charge in [0.2, 0.25) is 0 Å². The Morgan fingerprint density at radius 3 is 1.41 bits per heavy atom. The summed E-state index contributed by atoms with van der Waals surface area (Å²) in [5.41, 5.74) is 13.0. The maximum atomic E-state index is 5.12. The second kappa shape index (κ2) is 12.9. The normalized spacial score (nSPS) is 11.8. The van der Waals surface area contributed by atoms with E-state index < -0.39 is 0 Å². The Bertz CT molecular complexity index is 3450. The SMILES string of the molecule is c1ccc(-c2cc(-c3ccc(-n4c5ccccc5n5c6ccccc6c(-c6ccc7c8ccccc8c8ccccc8c7c6)c45)cc3)nc(-c3ccccc3)n2)cc1. The predicted octanol–water partition coefficient (Wildman–Crippen LogP) is 14.0. The first-order valence-corrected chi connectivity index (χ1v) is 19.8. The average molecular weight is 739 g/mol. The van der Waals surface area contributed by atoms with Crippen LogP contribution in [0.5, 0.6) is 0 Å². The van der Waals surface area contributed by atoms with Crippen LogP contribution in [0.3, 0.4) is 0 Å². The Balaban J connectivity index is 1.09. The summed E-state index contributed by atoms with van der Waals surface area (Å²) in [4.78, 5) is 10.1. The van der Waals surface area contributed by atoms with Crippen LogP contribution in [0.2, 0.25) is 0 Å². The first kappa shape index (κ1) is 32.4. The van der Waals surface area contributed by atoms with Gasteiger partial charge >= 0.3 is 0 Å². The molecule has 0 N–H and O–H groups in total. The molecule has 0 aliphatic heterocycles. The Morgan fingerprint density at radius 1 is 0.310 bits per heavy atom. The molecule has 12 rings (SSSR count). The second-order valence-electron chi connectivity index (χ2n) is 15.0. The van der Waals surface area contributed by atoms with Crippen LogP contribution >= 0.6 is 0 Å². The number of benzene rings is 9. The molecule has 0 aliphatic carbocycles. The summed E-state index contributed by atoms with van der Waals surface area (Å²) in [5.74, 6) is 0.708. The largest absolute Gasteiger partial charge is 0.293 e. The highest BCUT2D eigenvalue weighted by Crippen LogP contribution is 2.43. The highest BCUT2D eigenvalue weighted by atomic mass is 15.1. The van der Waals surface area contributed by atoms with Crippen molar-refractivity contribution in [1.29, 1.82) is 0 Å². The lowest BCUT2D eigenvalue weighted by molar-refractivity contribution is 1.15. The minimum Gasteiger partial charge on any atom is -0.293 e. The van der Waals surface area contributed by atoms with E-state index in [1.165, 1.54) is 54.3 Å².